The minimum atomic E-state index is -0.393. The molecule has 0 aromatic heterocycles. The standard InChI is InChI=1S/C17H25N3O3/c1-3-7-13(2)18-17(21)14-8-9-15(16(12-14)20(22)23)19-10-5-4-6-11-19/h8-9,12-13H,3-7,10-11H2,1-2H3,(H,18,21). The van der Waals surface area contributed by atoms with E-state index in [1.807, 2.05) is 11.8 Å². The van der Waals surface area contributed by atoms with Crippen LogP contribution in [-0.4, -0.2) is 30.0 Å². The van der Waals surface area contributed by atoms with E-state index in [4.69, 9.17) is 0 Å². The number of nitrogens with one attached hydrogen (secondary N) is 1. The molecule has 0 bridgehead atoms. The summed E-state index contributed by atoms with van der Waals surface area (Å²) in [6.45, 7) is 5.67. The number of carbonyl (C=O) groups excluding carboxylic acids is 1. The first-order chi connectivity index (χ1) is 11.0. The van der Waals surface area contributed by atoms with Gasteiger partial charge < -0.3 is 10.2 Å². The van der Waals surface area contributed by atoms with Crippen LogP contribution in [0.15, 0.2) is 18.2 Å². The molecule has 1 aliphatic heterocycles. The summed E-state index contributed by atoms with van der Waals surface area (Å²) in [6.07, 6.45) is 5.14. The summed E-state index contributed by atoms with van der Waals surface area (Å²) in [5.41, 5.74) is 0.982. The second kappa shape index (κ2) is 7.94. The number of hydrogen-bond acceptors (Lipinski definition) is 4. The first-order valence-corrected chi connectivity index (χ1v) is 8.37. The number of hydrogen-bond donors (Lipinski definition) is 1. The van der Waals surface area contributed by atoms with Crippen LogP contribution >= 0.6 is 0 Å². The van der Waals surface area contributed by atoms with Crippen LogP contribution in [0.5, 0.6) is 0 Å². The van der Waals surface area contributed by atoms with Crippen molar-refractivity contribution in [2.24, 2.45) is 0 Å². The van der Waals surface area contributed by atoms with E-state index in [9.17, 15) is 14.9 Å². The summed E-state index contributed by atoms with van der Waals surface area (Å²) in [6, 6.07) is 4.86. The number of anilines is 1. The molecule has 1 N–H and O–H groups in total. The molecule has 23 heavy (non-hydrogen) atoms. The predicted octanol–water partition coefficient (Wildman–Crippen LogP) is 3.50. The Hall–Kier alpha value is -2.11. The summed E-state index contributed by atoms with van der Waals surface area (Å²) in [4.78, 5) is 25.3. The molecule has 0 aliphatic carbocycles. The molecule has 0 radical (unpaired) electrons. The van der Waals surface area contributed by atoms with Crippen LogP contribution in [0.3, 0.4) is 0 Å². The van der Waals surface area contributed by atoms with Crippen LogP contribution in [0.25, 0.3) is 0 Å². The Morgan fingerprint density at radius 1 is 1.35 bits per heavy atom. The van der Waals surface area contributed by atoms with Crippen molar-refractivity contribution >= 4 is 17.3 Å². The van der Waals surface area contributed by atoms with Gasteiger partial charge in [-0.3, -0.25) is 14.9 Å². The Morgan fingerprint density at radius 3 is 2.65 bits per heavy atom. The van der Waals surface area contributed by atoms with Crippen LogP contribution in [0, 0.1) is 10.1 Å². The minimum Gasteiger partial charge on any atom is -0.366 e. The number of nitro benzene ring substituents is 1. The van der Waals surface area contributed by atoms with E-state index in [0.717, 1.165) is 38.8 Å². The fourth-order valence-corrected chi connectivity index (χ4v) is 3.03. The van der Waals surface area contributed by atoms with Crippen molar-refractivity contribution in [1.82, 2.24) is 5.32 Å². The van der Waals surface area contributed by atoms with Gasteiger partial charge in [0.05, 0.1) is 4.92 Å². The van der Waals surface area contributed by atoms with Crippen LogP contribution in [-0.2, 0) is 0 Å². The number of amides is 1. The lowest BCUT2D eigenvalue weighted by Crippen LogP contribution is -2.33. The lowest BCUT2D eigenvalue weighted by molar-refractivity contribution is -0.384. The molecular weight excluding hydrogens is 294 g/mol. The van der Waals surface area contributed by atoms with Crippen LogP contribution in [0.1, 0.15) is 56.3 Å². The molecule has 1 aliphatic rings. The first-order valence-electron chi connectivity index (χ1n) is 8.37. The molecule has 126 valence electrons. The highest BCUT2D eigenvalue weighted by Crippen LogP contribution is 2.31. The SMILES string of the molecule is CCCC(C)NC(=O)c1ccc(N2CCCCC2)c([N+](=O)[O-])c1. The van der Waals surface area contributed by atoms with Crippen molar-refractivity contribution in [2.75, 3.05) is 18.0 Å². The summed E-state index contributed by atoms with van der Waals surface area (Å²) in [7, 11) is 0. The molecule has 2 rings (SSSR count). The van der Waals surface area contributed by atoms with Gasteiger partial charge in [0.15, 0.2) is 0 Å². The zero-order chi connectivity index (χ0) is 16.8. The molecular formula is C17H25N3O3. The number of carbonyl (C=O) groups is 1. The van der Waals surface area contributed by atoms with E-state index < -0.39 is 4.92 Å². The number of benzene rings is 1. The molecule has 0 spiro atoms. The zero-order valence-electron chi connectivity index (χ0n) is 13.9. The van der Waals surface area contributed by atoms with Gasteiger partial charge in [-0.2, -0.15) is 0 Å². The van der Waals surface area contributed by atoms with E-state index in [2.05, 4.69) is 12.2 Å². The van der Waals surface area contributed by atoms with Crippen molar-refractivity contribution in [3.63, 3.8) is 0 Å². The number of piperidine rings is 1. The monoisotopic (exact) mass is 319 g/mol. The average molecular weight is 319 g/mol. The second-order valence-corrected chi connectivity index (χ2v) is 6.17. The summed E-state index contributed by atoms with van der Waals surface area (Å²) >= 11 is 0. The van der Waals surface area contributed by atoms with E-state index in [0.29, 0.717) is 11.3 Å². The van der Waals surface area contributed by atoms with Gasteiger partial charge in [-0.15, -0.1) is 0 Å². The second-order valence-electron chi connectivity index (χ2n) is 6.17. The van der Waals surface area contributed by atoms with Gasteiger partial charge in [-0.05, 0) is 44.7 Å². The average Bonchev–Trinajstić information content (AvgIpc) is 2.55. The van der Waals surface area contributed by atoms with Crippen molar-refractivity contribution in [1.29, 1.82) is 0 Å². The van der Waals surface area contributed by atoms with E-state index in [1.54, 1.807) is 12.1 Å². The van der Waals surface area contributed by atoms with Gasteiger partial charge in [0.25, 0.3) is 11.6 Å². The summed E-state index contributed by atoms with van der Waals surface area (Å²) in [5.74, 6) is -0.251. The molecule has 1 fully saturated rings. The van der Waals surface area contributed by atoms with Gasteiger partial charge in [-0.25, -0.2) is 0 Å². The highest BCUT2D eigenvalue weighted by molar-refractivity contribution is 5.96. The topological polar surface area (TPSA) is 75.5 Å². The minimum absolute atomic E-state index is 0.0164. The molecule has 1 heterocycles. The third-order valence-corrected chi connectivity index (χ3v) is 4.23. The third-order valence-electron chi connectivity index (χ3n) is 4.23. The van der Waals surface area contributed by atoms with Crippen molar-refractivity contribution in [2.45, 2.75) is 52.0 Å². The lowest BCUT2D eigenvalue weighted by Gasteiger charge is -2.28. The third kappa shape index (κ3) is 4.43. The predicted molar refractivity (Wildman–Crippen MR) is 91.0 cm³/mol. The van der Waals surface area contributed by atoms with Crippen molar-refractivity contribution in [3.8, 4) is 0 Å². The Kier molecular flexibility index (Phi) is 5.96. The first kappa shape index (κ1) is 17.2. The Labute approximate surface area is 137 Å². The maximum absolute atomic E-state index is 12.2. The molecule has 1 aromatic rings. The highest BCUT2D eigenvalue weighted by Gasteiger charge is 2.23. The molecule has 1 unspecified atom stereocenters. The van der Waals surface area contributed by atoms with Crippen molar-refractivity contribution in [3.05, 3.63) is 33.9 Å². The van der Waals surface area contributed by atoms with Crippen LogP contribution in [0.2, 0.25) is 0 Å². The smallest absolute Gasteiger partial charge is 0.293 e. The van der Waals surface area contributed by atoms with E-state index in [1.165, 1.54) is 12.5 Å². The Morgan fingerprint density at radius 2 is 2.04 bits per heavy atom. The molecule has 6 heteroatoms. The van der Waals surface area contributed by atoms with E-state index >= 15 is 0 Å². The molecule has 1 saturated heterocycles. The highest BCUT2D eigenvalue weighted by atomic mass is 16.6. The maximum atomic E-state index is 12.2. The number of nitrogens with zero attached hydrogens (tertiary/aromatic N) is 2. The molecule has 1 atom stereocenters. The zero-order valence-corrected chi connectivity index (χ0v) is 13.9. The fraction of sp³-hybridized carbons (Fsp3) is 0.588. The maximum Gasteiger partial charge on any atom is 0.293 e. The van der Waals surface area contributed by atoms with Crippen molar-refractivity contribution < 1.29 is 9.72 Å². The van der Waals surface area contributed by atoms with Crippen LogP contribution in [0.4, 0.5) is 11.4 Å². The normalized spacial score (nSPS) is 16.0. The number of nitro groups is 1. The largest absolute Gasteiger partial charge is 0.366 e. The van der Waals surface area contributed by atoms with Gasteiger partial charge in [0.2, 0.25) is 0 Å². The lowest BCUT2D eigenvalue weighted by atomic mass is 10.1. The quantitative estimate of drug-likeness (QED) is 0.643. The van der Waals surface area contributed by atoms with Crippen LogP contribution < -0.4 is 10.2 Å². The fourth-order valence-electron chi connectivity index (χ4n) is 3.03. The van der Waals surface area contributed by atoms with Gasteiger partial charge in [-0.1, -0.05) is 13.3 Å². The Balaban J connectivity index is 2.21. The van der Waals surface area contributed by atoms with Gasteiger partial charge in [0.1, 0.15) is 5.69 Å². The Bertz CT molecular complexity index is 568. The number of rotatable bonds is 6. The molecule has 1 aromatic carbocycles. The summed E-state index contributed by atoms with van der Waals surface area (Å²) in [5, 5.41) is 14.3. The summed E-state index contributed by atoms with van der Waals surface area (Å²) < 4.78 is 0. The molecule has 6 nitrogen and oxygen atoms in total. The van der Waals surface area contributed by atoms with Gasteiger partial charge >= 0.3 is 0 Å². The molecule has 1 amide bonds. The van der Waals surface area contributed by atoms with Gasteiger partial charge in [0, 0.05) is 30.8 Å². The van der Waals surface area contributed by atoms with E-state index in [-0.39, 0.29) is 17.6 Å². The molecule has 0 saturated carbocycles.